The highest BCUT2D eigenvalue weighted by atomic mass is 35.5. The zero-order valence-electron chi connectivity index (χ0n) is 9.21. The molecule has 0 amide bonds. The Kier molecular flexibility index (Phi) is 3.51. The van der Waals surface area contributed by atoms with E-state index in [2.05, 4.69) is 0 Å². The smallest absolute Gasteiger partial charge is 0.194 e. The maximum absolute atomic E-state index is 12.2. The normalized spacial score (nSPS) is 10.3. The quantitative estimate of drug-likeness (QED) is 0.729. The van der Waals surface area contributed by atoms with Crippen LogP contribution in [0.25, 0.3) is 0 Å². The molecule has 0 spiro atoms. The van der Waals surface area contributed by atoms with Gasteiger partial charge in [-0.15, -0.1) is 0 Å². The molecule has 2 aromatic carbocycles. The first-order chi connectivity index (χ1) is 8.09. The van der Waals surface area contributed by atoms with Crippen molar-refractivity contribution in [3.63, 3.8) is 0 Å². The van der Waals surface area contributed by atoms with Gasteiger partial charge in [-0.2, -0.15) is 0 Å². The van der Waals surface area contributed by atoms with Crippen molar-refractivity contribution in [2.45, 2.75) is 6.92 Å². The molecule has 0 aliphatic carbocycles. The second-order valence-corrected chi connectivity index (χ2v) is 4.59. The van der Waals surface area contributed by atoms with E-state index in [1.807, 2.05) is 25.1 Å². The number of hydrogen-bond donors (Lipinski definition) is 0. The monoisotopic (exact) mass is 264 g/mol. The van der Waals surface area contributed by atoms with Crippen LogP contribution < -0.4 is 0 Å². The van der Waals surface area contributed by atoms with Crippen LogP contribution >= 0.6 is 23.2 Å². The Morgan fingerprint density at radius 1 is 1.00 bits per heavy atom. The Morgan fingerprint density at radius 2 is 1.65 bits per heavy atom. The molecular formula is C14H10Cl2O. The molecule has 0 saturated heterocycles. The van der Waals surface area contributed by atoms with Crippen molar-refractivity contribution in [3.8, 4) is 0 Å². The third-order valence-corrected chi connectivity index (χ3v) is 3.25. The highest BCUT2D eigenvalue weighted by Crippen LogP contribution is 2.26. The second-order valence-electron chi connectivity index (χ2n) is 3.78. The predicted molar refractivity (Wildman–Crippen MR) is 71.1 cm³/mol. The lowest BCUT2D eigenvalue weighted by molar-refractivity contribution is 0.103. The number of benzene rings is 2. The highest BCUT2D eigenvalue weighted by Gasteiger charge is 2.14. The first kappa shape index (κ1) is 12.2. The number of aryl methyl sites for hydroxylation is 1. The van der Waals surface area contributed by atoms with Gasteiger partial charge in [0.15, 0.2) is 5.78 Å². The van der Waals surface area contributed by atoms with Gasteiger partial charge in [0, 0.05) is 16.1 Å². The van der Waals surface area contributed by atoms with Crippen LogP contribution in [0.3, 0.4) is 0 Å². The Bertz CT molecular complexity index is 562. The summed E-state index contributed by atoms with van der Waals surface area (Å²) in [5.41, 5.74) is 1.95. The van der Waals surface area contributed by atoms with Crippen molar-refractivity contribution in [1.82, 2.24) is 0 Å². The molecule has 0 heterocycles. The Morgan fingerprint density at radius 3 is 2.29 bits per heavy atom. The zero-order chi connectivity index (χ0) is 12.4. The molecule has 0 aromatic heterocycles. The van der Waals surface area contributed by atoms with E-state index in [0.717, 1.165) is 5.56 Å². The molecule has 17 heavy (non-hydrogen) atoms. The summed E-state index contributed by atoms with van der Waals surface area (Å²) in [5.74, 6) is -0.0876. The van der Waals surface area contributed by atoms with Gasteiger partial charge in [0.05, 0.1) is 5.02 Å². The molecule has 0 fully saturated rings. The first-order valence-corrected chi connectivity index (χ1v) is 5.90. The lowest BCUT2D eigenvalue weighted by Gasteiger charge is -2.06. The Hall–Kier alpha value is -1.31. The average Bonchev–Trinajstić information content (AvgIpc) is 2.34. The van der Waals surface area contributed by atoms with Gasteiger partial charge in [0.2, 0.25) is 0 Å². The largest absolute Gasteiger partial charge is 0.289 e. The fraction of sp³-hybridized carbons (Fsp3) is 0.0714. The summed E-state index contributed by atoms with van der Waals surface area (Å²) in [7, 11) is 0. The van der Waals surface area contributed by atoms with Crippen molar-refractivity contribution >= 4 is 29.0 Å². The van der Waals surface area contributed by atoms with E-state index in [1.165, 1.54) is 0 Å². The van der Waals surface area contributed by atoms with Gasteiger partial charge in [-0.3, -0.25) is 4.79 Å². The first-order valence-electron chi connectivity index (χ1n) is 5.15. The molecule has 0 radical (unpaired) electrons. The van der Waals surface area contributed by atoms with Crippen LogP contribution in [0.15, 0.2) is 42.5 Å². The molecule has 1 nitrogen and oxygen atoms in total. The molecule has 0 saturated carbocycles. The number of carbonyl (C=O) groups excluding carboxylic acids is 1. The lowest BCUT2D eigenvalue weighted by Crippen LogP contribution is -2.02. The third kappa shape index (κ3) is 2.51. The van der Waals surface area contributed by atoms with E-state index in [4.69, 9.17) is 23.2 Å². The summed E-state index contributed by atoms with van der Waals surface area (Å²) in [5, 5.41) is 0.953. The lowest BCUT2D eigenvalue weighted by atomic mass is 10.0. The fourth-order valence-electron chi connectivity index (χ4n) is 1.58. The molecule has 0 aliphatic heterocycles. The number of hydrogen-bond acceptors (Lipinski definition) is 1. The van der Waals surface area contributed by atoms with Crippen molar-refractivity contribution in [1.29, 1.82) is 0 Å². The minimum atomic E-state index is -0.0876. The van der Waals surface area contributed by atoms with E-state index >= 15 is 0 Å². The molecule has 0 atom stereocenters. The van der Waals surface area contributed by atoms with Gasteiger partial charge >= 0.3 is 0 Å². The molecule has 2 rings (SSSR count). The van der Waals surface area contributed by atoms with E-state index < -0.39 is 0 Å². The zero-order valence-corrected chi connectivity index (χ0v) is 10.7. The van der Waals surface area contributed by atoms with Gasteiger partial charge in [0.1, 0.15) is 0 Å². The standard InChI is InChI=1S/C14H10Cl2O/c1-9-7-11(13(16)8-12(9)15)14(17)10-5-3-2-4-6-10/h2-8H,1H3. The van der Waals surface area contributed by atoms with Crippen LogP contribution in [-0.4, -0.2) is 5.78 Å². The summed E-state index contributed by atoms with van der Waals surface area (Å²) in [6.45, 7) is 1.85. The number of rotatable bonds is 2. The van der Waals surface area contributed by atoms with E-state index in [0.29, 0.717) is 21.2 Å². The topological polar surface area (TPSA) is 17.1 Å². The van der Waals surface area contributed by atoms with E-state index in [1.54, 1.807) is 24.3 Å². The summed E-state index contributed by atoms with van der Waals surface area (Å²) >= 11 is 12.0. The average molecular weight is 265 g/mol. The Balaban J connectivity index is 2.48. The van der Waals surface area contributed by atoms with Crippen molar-refractivity contribution in [2.75, 3.05) is 0 Å². The van der Waals surface area contributed by atoms with Crippen LogP contribution in [0, 0.1) is 6.92 Å². The number of ketones is 1. The minimum Gasteiger partial charge on any atom is -0.289 e. The van der Waals surface area contributed by atoms with Crippen LogP contribution in [0.4, 0.5) is 0 Å². The molecule has 0 bridgehead atoms. The van der Waals surface area contributed by atoms with Crippen molar-refractivity contribution in [3.05, 3.63) is 69.2 Å². The number of carbonyl (C=O) groups is 1. The minimum absolute atomic E-state index is 0.0876. The van der Waals surface area contributed by atoms with Crippen LogP contribution in [0.1, 0.15) is 21.5 Å². The highest BCUT2D eigenvalue weighted by molar-refractivity contribution is 6.37. The van der Waals surface area contributed by atoms with Crippen LogP contribution in [-0.2, 0) is 0 Å². The molecular weight excluding hydrogens is 255 g/mol. The maximum atomic E-state index is 12.2. The maximum Gasteiger partial charge on any atom is 0.194 e. The second kappa shape index (κ2) is 4.91. The summed E-state index contributed by atoms with van der Waals surface area (Å²) in [6.07, 6.45) is 0. The molecule has 2 aromatic rings. The molecule has 0 unspecified atom stereocenters. The molecule has 0 N–H and O–H groups in total. The van der Waals surface area contributed by atoms with Crippen molar-refractivity contribution < 1.29 is 4.79 Å². The van der Waals surface area contributed by atoms with Gasteiger partial charge in [-0.05, 0) is 24.6 Å². The third-order valence-electron chi connectivity index (χ3n) is 2.53. The van der Waals surface area contributed by atoms with Gasteiger partial charge < -0.3 is 0 Å². The van der Waals surface area contributed by atoms with Crippen LogP contribution in [0.5, 0.6) is 0 Å². The molecule has 0 aliphatic rings. The van der Waals surface area contributed by atoms with Gasteiger partial charge in [0.25, 0.3) is 0 Å². The van der Waals surface area contributed by atoms with E-state index in [-0.39, 0.29) is 5.78 Å². The van der Waals surface area contributed by atoms with Gasteiger partial charge in [-0.25, -0.2) is 0 Å². The van der Waals surface area contributed by atoms with Crippen molar-refractivity contribution in [2.24, 2.45) is 0 Å². The van der Waals surface area contributed by atoms with Crippen LogP contribution in [0.2, 0.25) is 10.0 Å². The number of halogens is 2. The molecule has 3 heteroatoms. The SMILES string of the molecule is Cc1cc(C(=O)c2ccccc2)c(Cl)cc1Cl. The van der Waals surface area contributed by atoms with Gasteiger partial charge in [-0.1, -0.05) is 53.5 Å². The summed E-state index contributed by atoms with van der Waals surface area (Å²) in [6, 6.07) is 12.4. The molecule has 86 valence electrons. The Labute approximate surface area is 110 Å². The predicted octanol–water partition coefficient (Wildman–Crippen LogP) is 4.53. The summed E-state index contributed by atoms with van der Waals surface area (Å²) in [4.78, 5) is 12.2. The van der Waals surface area contributed by atoms with E-state index in [9.17, 15) is 4.79 Å². The summed E-state index contributed by atoms with van der Waals surface area (Å²) < 4.78 is 0. The fourth-order valence-corrected chi connectivity index (χ4v) is 2.05.